The Morgan fingerprint density at radius 1 is 1.22 bits per heavy atom. The fraction of sp³-hybridized carbons (Fsp3) is 0.944. The van der Waals surface area contributed by atoms with Gasteiger partial charge in [0, 0.05) is 32.2 Å². The van der Waals surface area contributed by atoms with E-state index < -0.39 is 0 Å². The van der Waals surface area contributed by atoms with Gasteiger partial charge in [-0.05, 0) is 31.6 Å². The highest BCUT2D eigenvalue weighted by Gasteiger charge is 2.37. The largest absolute Gasteiger partial charge is 0.379 e. The van der Waals surface area contributed by atoms with Crippen molar-refractivity contribution in [1.82, 2.24) is 9.80 Å². The molecule has 1 amide bonds. The van der Waals surface area contributed by atoms with Gasteiger partial charge in [0.05, 0.1) is 19.3 Å². The van der Waals surface area contributed by atoms with Gasteiger partial charge in [0.15, 0.2) is 0 Å². The van der Waals surface area contributed by atoms with Crippen LogP contribution in [0.4, 0.5) is 0 Å². The predicted molar refractivity (Wildman–Crippen MR) is 93.2 cm³/mol. The lowest BCUT2D eigenvalue weighted by molar-refractivity contribution is -0.143. The molecule has 2 aliphatic rings. The summed E-state index contributed by atoms with van der Waals surface area (Å²) in [4.78, 5) is 17.8. The highest BCUT2D eigenvalue weighted by atomic mass is 16.5. The van der Waals surface area contributed by atoms with Gasteiger partial charge in [-0.2, -0.15) is 0 Å². The summed E-state index contributed by atoms with van der Waals surface area (Å²) in [7, 11) is 0. The molecule has 0 bridgehead atoms. The van der Waals surface area contributed by atoms with Crippen LogP contribution >= 0.6 is 0 Å². The van der Waals surface area contributed by atoms with Gasteiger partial charge in [-0.3, -0.25) is 9.69 Å². The zero-order chi connectivity index (χ0) is 16.8. The molecule has 0 aromatic carbocycles. The Hall–Kier alpha value is -0.650. The van der Waals surface area contributed by atoms with Crippen molar-refractivity contribution in [1.29, 1.82) is 0 Å². The van der Waals surface area contributed by atoms with Crippen LogP contribution in [0, 0.1) is 11.8 Å². The highest BCUT2D eigenvalue weighted by molar-refractivity contribution is 5.82. The smallest absolute Gasteiger partial charge is 0.240 e. The molecule has 3 unspecified atom stereocenters. The fourth-order valence-electron chi connectivity index (χ4n) is 4.07. The lowest BCUT2D eigenvalue weighted by Crippen LogP contribution is -2.57. The second-order valence-electron chi connectivity index (χ2n) is 7.22. The second-order valence-corrected chi connectivity index (χ2v) is 7.22. The van der Waals surface area contributed by atoms with Crippen molar-refractivity contribution >= 4 is 5.91 Å². The van der Waals surface area contributed by atoms with E-state index in [-0.39, 0.29) is 12.1 Å². The van der Waals surface area contributed by atoms with Crippen LogP contribution in [0.5, 0.6) is 0 Å². The lowest BCUT2D eigenvalue weighted by atomic mass is 9.88. The van der Waals surface area contributed by atoms with E-state index >= 15 is 0 Å². The predicted octanol–water partition coefficient (Wildman–Crippen LogP) is 1.71. The van der Waals surface area contributed by atoms with Crippen molar-refractivity contribution in [2.45, 2.75) is 58.5 Å². The molecule has 2 aliphatic heterocycles. The minimum atomic E-state index is 0.0146. The Morgan fingerprint density at radius 3 is 2.43 bits per heavy atom. The maximum Gasteiger partial charge on any atom is 0.240 e. The monoisotopic (exact) mass is 325 g/mol. The maximum atomic E-state index is 13.3. The van der Waals surface area contributed by atoms with Gasteiger partial charge in [0.1, 0.15) is 0 Å². The van der Waals surface area contributed by atoms with Crippen molar-refractivity contribution in [3.05, 3.63) is 0 Å². The molecule has 134 valence electrons. The number of ether oxygens (including phenoxy) is 1. The van der Waals surface area contributed by atoms with Crippen LogP contribution in [0.1, 0.15) is 46.5 Å². The number of likely N-dealkylation sites (tertiary alicyclic amines) is 1. The number of rotatable bonds is 6. The number of morpholine rings is 1. The standard InChI is InChI=1S/C18H35N3O2/c1-4-15(5-2)17(20-9-11-23-12-10-20)18(22)21-8-6-7-16(13-21)14(3)19/h14-17H,4-13,19H2,1-3H3. The summed E-state index contributed by atoms with van der Waals surface area (Å²) in [5.41, 5.74) is 6.10. The van der Waals surface area contributed by atoms with Crippen LogP contribution in [-0.4, -0.2) is 67.2 Å². The molecule has 3 atom stereocenters. The van der Waals surface area contributed by atoms with E-state index in [1.54, 1.807) is 0 Å². The van der Waals surface area contributed by atoms with Gasteiger partial charge >= 0.3 is 0 Å². The molecule has 2 rings (SSSR count). The molecule has 0 radical (unpaired) electrons. The summed E-state index contributed by atoms with van der Waals surface area (Å²) in [6.07, 6.45) is 4.33. The summed E-state index contributed by atoms with van der Waals surface area (Å²) in [6, 6.07) is 0.182. The summed E-state index contributed by atoms with van der Waals surface area (Å²) in [6.45, 7) is 11.4. The fourth-order valence-corrected chi connectivity index (χ4v) is 4.07. The summed E-state index contributed by atoms with van der Waals surface area (Å²) < 4.78 is 5.49. The summed E-state index contributed by atoms with van der Waals surface area (Å²) in [5, 5.41) is 0. The van der Waals surface area contributed by atoms with Crippen molar-refractivity contribution < 1.29 is 9.53 Å². The molecule has 5 nitrogen and oxygen atoms in total. The zero-order valence-corrected chi connectivity index (χ0v) is 15.2. The van der Waals surface area contributed by atoms with Gasteiger partial charge in [-0.25, -0.2) is 0 Å². The summed E-state index contributed by atoms with van der Waals surface area (Å²) >= 11 is 0. The molecular formula is C18H35N3O2. The Kier molecular flexibility index (Phi) is 7.31. The number of hydrogen-bond acceptors (Lipinski definition) is 4. The summed E-state index contributed by atoms with van der Waals surface area (Å²) in [5.74, 6) is 1.20. The molecule has 2 saturated heterocycles. The van der Waals surface area contributed by atoms with Gasteiger partial charge in [-0.1, -0.05) is 26.7 Å². The van der Waals surface area contributed by atoms with Crippen molar-refractivity contribution in [3.63, 3.8) is 0 Å². The van der Waals surface area contributed by atoms with E-state index in [0.29, 0.717) is 17.7 Å². The topological polar surface area (TPSA) is 58.8 Å². The molecular weight excluding hydrogens is 290 g/mol. The van der Waals surface area contributed by atoms with Gasteiger partial charge in [0.2, 0.25) is 5.91 Å². The van der Waals surface area contributed by atoms with Crippen molar-refractivity contribution in [3.8, 4) is 0 Å². The quantitative estimate of drug-likeness (QED) is 0.808. The molecule has 0 aliphatic carbocycles. The number of carbonyl (C=O) groups excluding carboxylic acids is 1. The number of nitrogens with two attached hydrogens (primary N) is 1. The van der Waals surface area contributed by atoms with Gasteiger partial charge in [-0.15, -0.1) is 0 Å². The van der Waals surface area contributed by atoms with E-state index in [2.05, 4.69) is 30.6 Å². The van der Waals surface area contributed by atoms with Crippen molar-refractivity contribution in [2.24, 2.45) is 17.6 Å². The Bertz CT molecular complexity index is 365. The molecule has 0 aromatic rings. The van der Waals surface area contributed by atoms with Crippen LogP contribution in [0.25, 0.3) is 0 Å². The number of hydrogen-bond donors (Lipinski definition) is 1. The second kappa shape index (κ2) is 9.00. The molecule has 0 aromatic heterocycles. The minimum Gasteiger partial charge on any atom is -0.379 e. The molecule has 2 heterocycles. The van der Waals surface area contributed by atoms with Gasteiger partial charge in [0.25, 0.3) is 0 Å². The maximum absolute atomic E-state index is 13.3. The van der Waals surface area contributed by atoms with E-state index in [1.807, 2.05) is 0 Å². The first-order chi connectivity index (χ1) is 11.1. The first-order valence-electron chi connectivity index (χ1n) is 9.44. The number of amides is 1. The molecule has 2 N–H and O–H groups in total. The average Bonchev–Trinajstić information content (AvgIpc) is 2.59. The van der Waals surface area contributed by atoms with E-state index in [9.17, 15) is 4.79 Å². The third-order valence-corrected chi connectivity index (χ3v) is 5.70. The SMILES string of the molecule is CCC(CC)C(C(=O)N1CCCC(C(C)N)C1)N1CCOCC1. The van der Waals surface area contributed by atoms with Gasteiger partial charge < -0.3 is 15.4 Å². The molecule has 5 heteroatoms. The van der Waals surface area contributed by atoms with E-state index in [4.69, 9.17) is 10.5 Å². The zero-order valence-electron chi connectivity index (χ0n) is 15.2. The first-order valence-corrected chi connectivity index (χ1v) is 9.44. The Balaban J connectivity index is 2.11. The Labute approximate surface area is 141 Å². The average molecular weight is 325 g/mol. The van der Waals surface area contributed by atoms with Crippen molar-refractivity contribution in [2.75, 3.05) is 39.4 Å². The molecule has 23 heavy (non-hydrogen) atoms. The number of piperidine rings is 1. The molecule has 0 spiro atoms. The van der Waals surface area contributed by atoms with Crippen LogP contribution in [0.2, 0.25) is 0 Å². The molecule has 0 saturated carbocycles. The minimum absolute atomic E-state index is 0.0146. The van der Waals surface area contributed by atoms with Crippen LogP contribution in [-0.2, 0) is 9.53 Å². The molecule has 2 fully saturated rings. The highest BCUT2D eigenvalue weighted by Crippen LogP contribution is 2.25. The van der Waals surface area contributed by atoms with Crippen LogP contribution in [0.15, 0.2) is 0 Å². The third kappa shape index (κ3) is 4.68. The normalized spacial score (nSPS) is 26.3. The van der Waals surface area contributed by atoms with Crippen LogP contribution in [0.3, 0.4) is 0 Å². The van der Waals surface area contributed by atoms with E-state index in [1.165, 1.54) is 0 Å². The third-order valence-electron chi connectivity index (χ3n) is 5.70. The number of carbonyl (C=O) groups is 1. The lowest BCUT2D eigenvalue weighted by Gasteiger charge is -2.42. The first kappa shape index (κ1) is 18.7. The Morgan fingerprint density at radius 2 is 1.87 bits per heavy atom. The number of nitrogens with zero attached hydrogens (tertiary/aromatic N) is 2. The van der Waals surface area contributed by atoms with E-state index in [0.717, 1.165) is 65.1 Å². The van der Waals surface area contributed by atoms with Crippen LogP contribution < -0.4 is 5.73 Å².